The van der Waals surface area contributed by atoms with E-state index in [9.17, 15) is 14.0 Å². The zero-order valence-corrected chi connectivity index (χ0v) is 20.4. The lowest BCUT2D eigenvalue weighted by molar-refractivity contribution is -0.133. The molecule has 0 aliphatic carbocycles. The number of halogens is 1. The van der Waals surface area contributed by atoms with Gasteiger partial charge in [0.05, 0.1) is 19.1 Å². The Labute approximate surface area is 206 Å². The first-order chi connectivity index (χ1) is 16.9. The number of methoxy groups -OCH3 is 1. The Hall–Kier alpha value is -3.67. The van der Waals surface area contributed by atoms with Crippen LogP contribution in [-0.4, -0.2) is 42.3 Å². The summed E-state index contributed by atoms with van der Waals surface area (Å²) in [7, 11) is 3.43. The monoisotopic (exact) mass is 474 g/mol. The van der Waals surface area contributed by atoms with Crippen molar-refractivity contribution >= 4 is 11.8 Å². The summed E-state index contributed by atoms with van der Waals surface area (Å²) >= 11 is 0. The van der Waals surface area contributed by atoms with Crippen molar-refractivity contribution in [2.45, 2.75) is 38.3 Å². The van der Waals surface area contributed by atoms with Crippen LogP contribution in [0, 0.1) is 5.82 Å². The van der Waals surface area contributed by atoms with Gasteiger partial charge in [0.1, 0.15) is 11.6 Å². The Morgan fingerprint density at radius 1 is 1.03 bits per heavy atom. The first kappa shape index (κ1) is 24.5. The maximum absolute atomic E-state index is 13.9. The number of ether oxygens (including phenoxy) is 1. The fourth-order valence-corrected chi connectivity index (χ4v) is 4.74. The molecular formula is C29H31FN2O3. The van der Waals surface area contributed by atoms with Crippen molar-refractivity contribution in [3.8, 4) is 5.75 Å². The van der Waals surface area contributed by atoms with Gasteiger partial charge in [-0.15, -0.1) is 0 Å². The Bertz CT molecular complexity index is 1180. The normalized spacial score (nSPS) is 17.1. The van der Waals surface area contributed by atoms with Gasteiger partial charge in [-0.25, -0.2) is 4.39 Å². The van der Waals surface area contributed by atoms with Crippen molar-refractivity contribution in [1.29, 1.82) is 0 Å². The topological polar surface area (TPSA) is 49.9 Å². The lowest BCUT2D eigenvalue weighted by Crippen LogP contribution is -2.47. The van der Waals surface area contributed by atoms with Crippen molar-refractivity contribution < 1.29 is 18.7 Å². The zero-order valence-electron chi connectivity index (χ0n) is 20.4. The smallest absolute Gasteiger partial charge is 0.255 e. The first-order valence-corrected chi connectivity index (χ1v) is 12.0. The molecular weight excluding hydrogens is 443 g/mol. The first-order valence-electron chi connectivity index (χ1n) is 12.0. The number of unbranched alkanes of at least 4 members (excludes halogenated alkanes) is 1. The van der Waals surface area contributed by atoms with E-state index in [0.29, 0.717) is 17.9 Å². The molecule has 0 saturated carbocycles. The van der Waals surface area contributed by atoms with Gasteiger partial charge < -0.3 is 14.5 Å². The molecule has 182 valence electrons. The highest BCUT2D eigenvalue weighted by molar-refractivity contribution is 6.01. The van der Waals surface area contributed by atoms with Crippen LogP contribution in [0.5, 0.6) is 5.75 Å². The van der Waals surface area contributed by atoms with E-state index < -0.39 is 12.0 Å². The molecule has 0 unspecified atom stereocenters. The van der Waals surface area contributed by atoms with E-state index >= 15 is 0 Å². The van der Waals surface area contributed by atoms with Crippen molar-refractivity contribution in [3.63, 3.8) is 0 Å². The van der Waals surface area contributed by atoms with Gasteiger partial charge in [-0.3, -0.25) is 9.59 Å². The zero-order chi connectivity index (χ0) is 24.9. The van der Waals surface area contributed by atoms with E-state index in [0.717, 1.165) is 29.5 Å². The third-order valence-corrected chi connectivity index (χ3v) is 6.65. The maximum atomic E-state index is 13.9. The predicted molar refractivity (Wildman–Crippen MR) is 134 cm³/mol. The summed E-state index contributed by atoms with van der Waals surface area (Å²) in [6, 6.07) is 20.5. The van der Waals surface area contributed by atoms with Gasteiger partial charge in [0.15, 0.2) is 0 Å². The number of benzene rings is 3. The number of carbonyl (C=O) groups excluding carboxylic acids is 2. The molecule has 3 aromatic rings. The lowest BCUT2D eigenvalue weighted by Gasteiger charge is -2.43. The van der Waals surface area contributed by atoms with Gasteiger partial charge in [-0.1, -0.05) is 55.8 Å². The molecule has 0 N–H and O–H groups in total. The second kappa shape index (κ2) is 10.7. The Balaban J connectivity index is 1.85. The summed E-state index contributed by atoms with van der Waals surface area (Å²) in [6.45, 7) is 3.00. The minimum Gasteiger partial charge on any atom is -0.497 e. The SMILES string of the molecule is CCCCN(C)C(=O)[C@H]1c2ccccc2C(=O)N(Cc2ccc(F)cc2)[C@@H]1c1ccc(OC)cc1. The number of rotatable bonds is 8. The van der Waals surface area contributed by atoms with E-state index in [1.807, 2.05) is 49.5 Å². The van der Waals surface area contributed by atoms with Gasteiger partial charge in [0.2, 0.25) is 5.91 Å². The molecule has 0 bridgehead atoms. The number of carbonyl (C=O) groups is 2. The highest BCUT2D eigenvalue weighted by atomic mass is 19.1. The minimum absolute atomic E-state index is 0.0247. The summed E-state index contributed by atoms with van der Waals surface area (Å²) in [5, 5.41) is 0. The average molecular weight is 475 g/mol. The number of fused-ring (bicyclic) bond motifs is 1. The van der Waals surface area contributed by atoms with E-state index in [2.05, 4.69) is 6.92 Å². The fraction of sp³-hybridized carbons (Fsp3) is 0.310. The van der Waals surface area contributed by atoms with Crippen LogP contribution in [0.1, 0.15) is 58.8 Å². The van der Waals surface area contributed by atoms with Crippen LogP contribution in [0.15, 0.2) is 72.8 Å². The molecule has 5 nitrogen and oxygen atoms in total. The van der Waals surface area contributed by atoms with Crippen molar-refractivity contribution in [2.75, 3.05) is 20.7 Å². The number of nitrogens with zero attached hydrogens (tertiary/aromatic N) is 2. The van der Waals surface area contributed by atoms with E-state index in [1.54, 1.807) is 35.1 Å². The van der Waals surface area contributed by atoms with E-state index in [-0.39, 0.29) is 24.2 Å². The van der Waals surface area contributed by atoms with Gasteiger partial charge >= 0.3 is 0 Å². The van der Waals surface area contributed by atoms with Gasteiger partial charge in [0, 0.05) is 25.7 Å². The molecule has 4 rings (SSSR count). The number of hydrogen-bond acceptors (Lipinski definition) is 3. The van der Waals surface area contributed by atoms with Crippen LogP contribution in [0.3, 0.4) is 0 Å². The van der Waals surface area contributed by atoms with Crippen LogP contribution in [0.4, 0.5) is 4.39 Å². The summed E-state index contributed by atoms with van der Waals surface area (Å²) in [5.41, 5.74) is 2.91. The minimum atomic E-state index is -0.570. The molecule has 1 aliphatic heterocycles. The van der Waals surface area contributed by atoms with Crippen LogP contribution < -0.4 is 4.74 Å². The Kier molecular flexibility index (Phi) is 7.49. The summed E-state index contributed by atoms with van der Waals surface area (Å²) in [5.74, 6) is -0.375. The molecule has 1 aliphatic rings. The number of likely N-dealkylation sites (N-methyl/N-ethyl adjacent to an activating group) is 1. The van der Waals surface area contributed by atoms with Crippen LogP contribution >= 0.6 is 0 Å². The summed E-state index contributed by atoms with van der Waals surface area (Å²) in [4.78, 5) is 31.3. The largest absolute Gasteiger partial charge is 0.497 e. The summed E-state index contributed by atoms with van der Waals surface area (Å²) < 4.78 is 18.9. The molecule has 0 spiro atoms. The van der Waals surface area contributed by atoms with Crippen molar-refractivity contribution in [3.05, 3.63) is 101 Å². The number of amides is 2. The second-order valence-electron chi connectivity index (χ2n) is 8.96. The predicted octanol–water partition coefficient (Wildman–Crippen LogP) is 5.57. The van der Waals surface area contributed by atoms with Crippen LogP contribution in [-0.2, 0) is 11.3 Å². The van der Waals surface area contributed by atoms with Gasteiger partial charge in [-0.2, -0.15) is 0 Å². The fourth-order valence-electron chi connectivity index (χ4n) is 4.74. The molecule has 2 amide bonds. The van der Waals surface area contributed by atoms with Crippen LogP contribution in [0.2, 0.25) is 0 Å². The standard InChI is InChI=1S/C29H31FN2O3/c1-4-5-18-31(2)29(34)26-24-8-6-7-9-25(24)28(33)32(19-20-10-14-22(30)15-11-20)27(26)21-12-16-23(35-3)17-13-21/h6-17,26-27H,4-5,18-19H2,1-3H3/t26-,27+/m0/s1. The van der Waals surface area contributed by atoms with Crippen molar-refractivity contribution in [2.24, 2.45) is 0 Å². The highest BCUT2D eigenvalue weighted by Gasteiger charge is 2.44. The lowest BCUT2D eigenvalue weighted by atomic mass is 9.78. The average Bonchev–Trinajstić information content (AvgIpc) is 2.89. The van der Waals surface area contributed by atoms with E-state index in [4.69, 9.17) is 4.74 Å². The molecule has 6 heteroatoms. The molecule has 1 heterocycles. The van der Waals surface area contributed by atoms with Crippen molar-refractivity contribution in [1.82, 2.24) is 9.80 Å². The van der Waals surface area contributed by atoms with Gasteiger partial charge in [0.25, 0.3) is 5.91 Å². The third kappa shape index (κ3) is 5.06. The second-order valence-corrected chi connectivity index (χ2v) is 8.96. The maximum Gasteiger partial charge on any atom is 0.255 e. The highest BCUT2D eigenvalue weighted by Crippen LogP contribution is 2.44. The summed E-state index contributed by atoms with van der Waals surface area (Å²) in [6.07, 6.45) is 1.89. The van der Waals surface area contributed by atoms with Crippen LogP contribution in [0.25, 0.3) is 0 Å². The Morgan fingerprint density at radius 3 is 2.37 bits per heavy atom. The molecule has 35 heavy (non-hydrogen) atoms. The molecule has 0 fully saturated rings. The quantitative estimate of drug-likeness (QED) is 0.429. The molecule has 0 radical (unpaired) electrons. The molecule has 0 saturated heterocycles. The Morgan fingerprint density at radius 2 is 1.71 bits per heavy atom. The molecule has 2 atom stereocenters. The third-order valence-electron chi connectivity index (χ3n) is 6.65. The number of hydrogen-bond donors (Lipinski definition) is 0. The molecule has 0 aromatic heterocycles. The van der Waals surface area contributed by atoms with Gasteiger partial charge in [-0.05, 0) is 53.4 Å². The van der Waals surface area contributed by atoms with E-state index in [1.165, 1.54) is 12.1 Å². The molecule has 3 aromatic carbocycles.